The summed E-state index contributed by atoms with van der Waals surface area (Å²) in [4.78, 5) is 15.0. The van der Waals surface area contributed by atoms with Crippen LogP contribution in [0.15, 0.2) is 59.1 Å². The molecule has 2 aromatic carbocycles. The molecule has 1 aliphatic rings. The van der Waals surface area contributed by atoms with Crippen molar-refractivity contribution < 1.29 is 4.52 Å². The Bertz CT molecular complexity index is 990. The monoisotopic (exact) mass is 345 g/mol. The van der Waals surface area contributed by atoms with Crippen molar-refractivity contribution in [3.8, 4) is 11.4 Å². The molecule has 0 unspecified atom stereocenters. The van der Waals surface area contributed by atoms with E-state index >= 15 is 0 Å². The fourth-order valence-electron chi connectivity index (χ4n) is 3.59. The van der Waals surface area contributed by atoms with E-state index in [1.807, 2.05) is 48.5 Å². The number of hydrogen-bond acceptors (Lipinski definition) is 5. The van der Waals surface area contributed by atoms with Crippen molar-refractivity contribution in [2.24, 2.45) is 0 Å². The third kappa shape index (κ3) is 2.73. The van der Waals surface area contributed by atoms with Gasteiger partial charge in [-0.15, -0.1) is 0 Å². The summed E-state index contributed by atoms with van der Waals surface area (Å²) in [5.41, 5.74) is 3.07. The largest absolute Gasteiger partial charge is 0.342 e. The summed E-state index contributed by atoms with van der Waals surface area (Å²) in [6, 6.07) is 18.6. The first-order valence-corrected chi connectivity index (χ1v) is 8.95. The highest BCUT2D eigenvalue weighted by molar-refractivity contribution is 5.74. The first kappa shape index (κ1) is 15.1. The highest BCUT2D eigenvalue weighted by atomic mass is 16.5. The molecule has 6 heteroatoms. The van der Waals surface area contributed by atoms with Gasteiger partial charge in [-0.2, -0.15) is 4.98 Å². The number of imidazole rings is 1. The number of aromatic nitrogens is 4. The van der Waals surface area contributed by atoms with E-state index < -0.39 is 0 Å². The minimum absolute atomic E-state index is 0.336. The van der Waals surface area contributed by atoms with Crippen molar-refractivity contribution in [2.75, 3.05) is 18.0 Å². The molecule has 0 radical (unpaired) electrons. The first-order chi connectivity index (χ1) is 12.9. The van der Waals surface area contributed by atoms with Crippen LogP contribution in [0, 0.1) is 0 Å². The van der Waals surface area contributed by atoms with Crippen LogP contribution >= 0.6 is 0 Å². The highest BCUT2D eigenvalue weighted by Gasteiger charge is 2.27. The minimum Gasteiger partial charge on any atom is -0.342 e. The molecule has 1 saturated heterocycles. The molecular weight excluding hydrogens is 326 g/mol. The van der Waals surface area contributed by atoms with Gasteiger partial charge in [-0.1, -0.05) is 47.6 Å². The molecule has 0 amide bonds. The van der Waals surface area contributed by atoms with Crippen LogP contribution in [-0.4, -0.2) is 33.2 Å². The SMILES string of the molecule is c1ccc(-c2noc(N3CCC[C@H](c4nc5ccccc5[nH]4)C3)n2)cc1. The fourth-order valence-corrected chi connectivity index (χ4v) is 3.59. The lowest BCUT2D eigenvalue weighted by atomic mass is 9.98. The van der Waals surface area contributed by atoms with E-state index in [1.165, 1.54) is 0 Å². The lowest BCUT2D eigenvalue weighted by Gasteiger charge is -2.30. The molecule has 4 aromatic rings. The van der Waals surface area contributed by atoms with Crippen LogP contribution in [-0.2, 0) is 0 Å². The molecule has 1 fully saturated rings. The predicted octanol–water partition coefficient (Wildman–Crippen LogP) is 4.00. The zero-order valence-corrected chi connectivity index (χ0v) is 14.3. The lowest BCUT2D eigenvalue weighted by molar-refractivity contribution is 0.391. The number of aromatic amines is 1. The van der Waals surface area contributed by atoms with Crippen LogP contribution in [0.3, 0.4) is 0 Å². The van der Waals surface area contributed by atoms with E-state index in [4.69, 9.17) is 9.51 Å². The van der Waals surface area contributed by atoms with Crippen LogP contribution in [0.25, 0.3) is 22.4 Å². The van der Waals surface area contributed by atoms with Gasteiger partial charge >= 0.3 is 6.01 Å². The van der Waals surface area contributed by atoms with E-state index in [-0.39, 0.29) is 0 Å². The summed E-state index contributed by atoms with van der Waals surface area (Å²) >= 11 is 0. The summed E-state index contributed by atoms with van der Waals surface area (Å²) in [5.74, 6) is 2.01. The Morgan fingerprint density at radius 3 is 2.73 bits per heavy atom. The molecular formula is C20H19N5O. The topological polar surface area (TPSA) is 70.8 Å². The van der Waals surface area contributed by atoms with Gasteiger partial charge in [-0.05, 0) is 25.0 Å². The standard InChI is InChI=1S/C20H19N5O/c1-2-7-14(8-3-1)19-23-20(26-24-19)25-12-6-9-15(13-25)18-21-16-10-4-5-11-17(16)22-18/h1-5,7-8,10-11,15H,6,9,12-13H2,(H,21,22)/t15-/m0/s1. The molecule has 0 bridgehead atoms. The molecule has 6 nitrogen and oxygen atoms in total. The van der Waals surface area contributed by atoms with Crippen LogP contribution < -0.4 is 4.90 Å². The fraction of sp³-hybridized carbons (Fsp3) is 0.250. The third-order valence-electron chi connectivity index (χ3n) is 4.93. The Morgan fingerprint density at radius 2 is 1.85 bits per heavy atom. The molecule has 26 heavy (non-hydrogen) atoms. The van der Waals surface area contributed by atoms with Crippen LogP contribution in [0.4, 0.5) is 6.01 Å². The van der Waals surface area contributed by atoms with Crippen molar-refractivity contribution in [2.45, 2.75) is 18.8 Å². The highest BCUT2D eigenvalue weighted by Crippen LogP contribution is 2.30. The molecule has 0 spiro atoms. The quantitative estimate of drug-likeness (QED) is 0.608. The molecule has 5 rings (SSSR count). The second-order valence-corrected chi connectivity index (χ2v) is 6.69. The van der Waals surface area contributed by atoms with E-state index in [9.17, 15) is 0 Å². The smallest absolute Gasteiger partial charge is 0.324 e. The van der Waals surface area contributed by atoms with Gasteiger partial charge in [-0.3, -0.25) is 0 Å². The second-order valence-electron chi connectivity index (χ2n) is 6.69. The molecule has 1 atom stereocenters. The number of H-pyrrole nitrogens is 1. The first-order valence-electron chi connectivity index (χ1n) is 8.95. The predicted molar refractivity (Wildman–Crippen MR) is 100 cm³/mol. The maximum absolute atomic E-state index is 5.54. The Hall–Kier alpha value is -3.15. The van der Waals surface area contributed by atoms with Crippen molar-refractivity contribution in [3.63, 3.8) is 0 Å². The van der Waals surface area contributed by atoms with Gasteiger partial charge in [-0.25, -0.2) is 4.98 Å². The summed E-state index contributed by atoms with van der Waals surface area (Å²) in [7, 11) is 0. The summed E-state index contributed by atoms with van der Waals surface area (Å²) in [6.45, 7) is 1.75. The summed E-state index contributed by atoms with van der Waals surface area (Å²) in [5, 5.41) is 4.14. The van der Waals surface area contributed by atoms with E-state index in [0.717, 1.165) is 48.4 Å². The van der Waals surface area contributed by atoms with Gasteiger partial charge in [0.25, 0.3) is 0 Å². The second kappa shape index (κ2) is 6.29. The Morgan fingerprint density at radius 1 is 1.00 bits per heavy atom. The van der Waals surface area contributed by atoms with Crippen LogP contribution in [0.2, 0.25) is 0 Å². The lowest BCUT2D eigenvalue weighted by Crippen LogP contribution is -2.35. The number of rotatable bonds is 3. The summed E-state index contributed by atoms with van der Waals surface area (Å²) in [6.07, 6.45) is 2.18. The van der Waals surface area contributed by atoms with Crippen molar-refractivity contribution >= 4 is 17.0 Å². The molecule has 0 aliphatic carbocycles. The zero-order chi connectivity index (χ0) is 17.3. The van der Waals surface area contributed by atoms with Gasteiger partial charge in [0, 0.05) is 24.6 Å². The number of piperidine rings is 1. The number of nitrogens with one attached hydrogen (secondary N) is 1. The molecule has 3 heterocycles. The zero-order valence-electron chi connectivity index (χ0n) is 14.3. The summed E-state index contributed by atoms with van der Waals surface area (Å²) < 4.78 is 5.54. The van der Waals surface area contributed by atoms with Gasteiger partial charge in [0.05, 0.1) is 11.0 Å². The van der Waals surface area contributed by atoms with Crippen molar-refractivity contribution in [3.05, 3.63) is 60.4 Å². The number of para-hydroxylation sites is 2. The Kier molecular flexibility index (Phi) is 3.66. The average molecular weight is 345 g/mol. The van der Waals surface area contributed by atoms with E-state index in [0.29, 0.717) is 17.8 Å². The third-order valence-corrected chi connectivity index (χ3v) is 4.93. The number of hydrogen-bond donors (Lipinski definition) is 1. The van der Waals surface area contributed by atoms with Crippen molar-refractivity contribution in [1.82, 2.24) is 20.1 Å². The van der Waals surface area contributed by atoms with Gasteiger partial charge in [0.2, 0.25) is 5.82 Å². The van der Waals surface area contributed by atoms with Crippen LogP contribution in [0.1, 0.15) is 24.6 Å². The molecule has 0 saturated carbocycles. The van der Waals surface area contributed by atoms with Gasteiger partial charge in [0.1, 0.15) is 5.82 Å². The maximum Gasteiger partial charge on any atom is 0.324 e. The minimum atomic E-state index is 0.336. The molecule has 1 aliphatic heterocycles. The maximum atomic E-state index is 5.54. The molecule has 130 valence electrons. The van der Waals surface area contributed by atoms with E-state index in [1.54, 1.807) is 0 Å². The molecule has 1 N–H and O–H groups in total. The van der Waals surface area contributed by atoms with E-state index in [2.05, 4.69) is 26.1 Å². The molecule has 2 aromatic heterocycles. The number of fused-ring (bicyclic) bond motifs is 1. The number of anilines is 1. The van der Waals surface area contributed by atoms with Gasteiger partial charge in [0.15, 0.2) is 0 Å². The average Bonchev–Trinajstić information content (AvgIpc) is 3.36. The van der Waals surface area contributed by atoms with Crippen LogP contribution in [0.5, 0.6) is 0 Å². The Labute approximate surface area is 150 Å². The number of benzene rings is 2. The Balaban J connectivity index is 1.38. The number of nitrogens with zero attached hydrogens (tertiary/aromatic N) is 4. The van der Waals surface area contributed by atoms with Gasteiger partial charge < -0.3 is 14.4 Å². The normalized spacial score (nSPS) is 17.7. The van der Waals surface area contributed by atoms with Crippen molar-refractivity contribution in [1.29, 1.82) is 0 Å².